The first-order valence-corrected chi connectivity index (χ1v) is 3.89. The van der Waals surface area contributed by atoms with Gasteiger partial charge in [0.15, 0.2) is 5.82 Å². The number of H-pyrrole nitrogens is 1. The molecule has 0 fully saturated rings. The molecule has 5 heteroatoms. The van der Waals surface area contributed by atoms with Crippen LogP contribution in [0, 0.1) is 6.92 Å². The summed E-state index contributed by atoms with van der Waals surface area (Å²) in [6.07, 6.45) is 0. The predicted molar refractivity (Wildman–Crippen MR) is 41.9 cm³/mol. The Hall–Kier alpha value is -1.23. The second-order valence-electron chi connectivity index (χ2n) is 2.02. The number of hydrogen-bond donors (Lipinski definition) is 1. The van der Waals surface area contributed by atoms with Crippen molar-refractivity contribution in [2.75, 3.05) is 0 Å². The first kappa shape index (κ1) is 6.48. The van der Waals surface area contributed by atoms with E-state index in [1.54, 1.807) is 11.3 Å². The van der Waals surface area contributed by atoms with Crippen molar-refractivity contribution in [1.82, 2.24) is 20.6 Å². The van der Waals surface area contributed by atoms with Crippen LogP contribution in [0.15, 0.2) is 11.4 Å². The standard InChI is InChI=1S/C6H5N4S/c1-4-2-3-11-5(4)6-7-9-10-8-6/h2-3H,1H2,(H,7,8,9,10). The lowest BCUT2D eigenvalue weighted by Crippen LogP contribution is -1.77. The molecule has 2 aromatic heterocycles. The van der Waals surface area contributed by atoms with Crippen molar-refractivity contribution < 1.29 is 0 Å². The molecule has 0 unspecified atom stereocenters. The molecule has 2 heterocycles. The smallest absolute Gasteiger partial charge is 0.189 e. The largest absolute Gasteiger partial charge is 0.238 e. The third-order valence-corrected chi connectivity index (χ3v) is 2.27. The van der Waals surface area contributed by atoms with Gasteiger partial charge in [-0.3, -0.25) is 0 Å². The molecular formula is C6H5N4S. The van der Waals surface area contributed by atoms with E-state index < -0.39 is 0 Å². The monoisotopic (exact) mass is 165 g/mol. The van der Waals surface area contributed by atoms with Crippen molar-refractivity contribution in [1.29, 1.82) is 0 Å². The molecule has 0 aromatic carbocycles. The van der Waals surface area contributed by atoms with Crippen molar-refractivity contribution in [3.63, 3.8) is 0 Å². The Labute approximate surface area is 67.3 Å². The maximum atomic E-state index is 3.83. The molecule has 0 saturated carbocycles. The Morgan fingerprint density at radius 2 is 2.45 bits per heavy atom. The van der Waals surface area contributed by atoms with Crippen LogP contribution >= 0.6 is 11.3 Å². The van der Waals surface area contributed by atoms with E-state index in [0.717, 1.165) is 10.4 Å². The molecule has 0 aliphatic rings. The van der Waals surface area contributed by atoms with Crippen molar-refractivity contribution in [3.05, 3.63) is 23.9 Å². The molecule has 0 spiro atoms. The van der Waals surface area contributed by atoms with Gasteiger partial charge in [-0.2, -0.15) is 0 Å². The van der Waals surface area contributed by atoms with Gasteiger partial charge in [-0.1, -0.05) is 0 Å². The van der Waals surface area contributed by atoms with Crippen LogP contribution in [0.2, 0.25) is 0 Å². The second-order valence-corrected chi connectivity index (χ2v) is 2.94. The van der Waals surface area contributed by atoms with Crippen LogP contribution in [0.5, 0.6) is 0 Å². The highest BCUT2D eigenvalue weighted by Gasteiger charge is 2.05. The minimum atomic E-state index is 0.685. The van der Waals surface area contributed by atoms with E-state index in [4.69, 9.17) is 0 Å². The number of aromatic nitrogens is 4. The normalized spacial score (nSPS) is 10.3. The summed E-state index contributed by atoms with van der Waals surface area (Å²) in [5.74, 6) is 0.685. The number of rotatable bonds is 1. The molecule has 4 nitrogen and oxygen atoms in total. The number of nitrogens with zero attached hydrogens (tertiary/aromatic N) is 3. The van der Waals surface area contributed by atoms with Gasteiger partial charge in [0.2, 0.25) is 0 Å². The van der Waals surface area contributed by atoms with Crippen LogP contribution in [0.4, 0.5) is 0 Å². The first-order chi connectivity index (χ1) is 5.38. The van der Waals surface area contributed by atoms with Crippen LogP contribution in [0.25, 0.3) is 10.7 Å². The van der Waals surface area contributed by atoms with Crippen molar-refractivity contribution in [2.45, 2.75) is 0 Å². The summed E-state index contributed by atoms with van der Waals surface area (Å²) in [4.78, 5) is 0.995. The molecule has 0 bridgehead atoms. The van der Waals surface area contributed by atoms with E-state index >= 15 is 0 Å². The van der Waals surface area contributed by atoms with Crippen molar-refractivity contribution >= 4 is 11.3 Å². The molecule has 0 aliphatic heterocycles. The topological polar surface area (TPSA) is 54.5 Å². The Morgan fingerprint density at radius 3 is 3.00 bits per heavy atom. The van der Waals surface area contributed by atoms with E-state index in [0.29, 0.717) is 5.82 Å². The predicted octanol–water partition coefficient (Wildman–Crippen LogP) is 1.11. The lowest BCUT2D eigenvalue weighted by Gasteiger charge is -1.88. The molecule has 0 atom stereocenters. The van der Waals surface area contributed by atoms with Crippen LogP contribution in [-0.2, 0) is 0 Å². The quantitative estimate of drug-likeness (QED) is 0.688. The molecule has 55 valence electrons. The highest BCUT2D eigenvalue weighted by atomic mass is 32.1. The third-order valence-electron chi connectivity index (χ3n) is 1.31. The third kappa shape index (κ3) is 1.03. The van der Waals surface area contributed by atoms with Crippen LogP contribution < -0.4 is 0 Å². The van der Waals surface area contributed by atoms with Gasteiger partial charge >= 0.3 is 0 Å². The summed E-state index contributed by atoms with van der Waals surface area (Å²) in [7, 11) is 0. The summed E-state index contributed by atoms with van der Waals surface area (Å²) in [6.45, 7) is 3.83. The molecule has 2 rings (SSSR count). The fourth-order valence-corrected chi connectivity index (χ4v) is 1.58. The number of thiophene rings is 1. The summed E-state index contributed by atoms with van der Waals surface area (Å²) in [5.41, 5.74) is 0.952. The average Bonchev–Trinajstić information content (AvgIpc) is 2.55. The van der Waals surface area contributed by atoms with E-state index in [1.165, 1.54) is 0 Å². The van der Waals surface area contributed by atoms with Gasteiger partial charge < -0.3 is 0 Å². The molecule has 0 saturated heterocycles. The van der Waals surface area contributed by atoms with Crippen LogP contribution in [0.3, 0.4) is 0 Å². The van der Waals surface area contributed by atoms with Crippen molar-refractivity contribution in [3.8, 4) is 10.7 Å². The molecule has 1 N–H and O–H groups in total. The van der Waals surface area contributed by atoms with E-state index in [-0.39, 0.29) is 0 Å². The van der Waals surface area contributed by atoms with Gasteiger partial charge in [0, 0.05) is 0 Å². The number of nitrogens with one attached hydrogen (secondary N) is 1. The first-order valence-electron chi connectivity index (χ1n) is 3.01. The Morgan fingerprint density at radius 1 is 1.55 bits per heavy atom. The lowest BCUT2D eigenvalue weighted by atomic mass is 10.3. The van der Waals surface area contributed by atoms with Crippen LogP contribution in [0.1, 0.15) is 5.56 Å². The van der Waals surface area contributed by atoms with Gasteiger partial charge in [-0.15, -0.1) is 16.4 Å². The highest BCUT2D eigenvalue weighted by molar-refractivity contribution is 7.13. The van der Waals surface area contributed by atoms with E-state index in [1.807, 2.05) is 11.4 Å². The summed E-state index contributed by atoms with van der Waals surface area (Å²) in [6, 6.07) is 1.93. The number of hydrogen-bond acceptors (Lipinski definition) is 4. The van der Waals surface area contributed by atoms with E-state index in [9.17, 15) is 0 Å². The fourth-order valence-electron chi connectivity index (χ4n) is 0.799. The average molecular weight is 165 g/mol. The molecular weight excluding hydrogens is 160 g/mol. The maximum absolute atomic E-state index is 3.83. The minimum absolute atomic E-state index is 0.685. The molecule has 11 heavy (non-hydrogen) atoms. The highest BCUT2D eigenvalue weighted by Crippen LogP contribution is 2.24. The minimum Gasteiger partial charge on any atom is -0.238 e. The fraction of sp³-hybridized carbons (Fsp3) is 0. The zero-order chi connectivity index (χ0) is 7.68. The lowest BCUT2D eigenvalue weighted by molar-refractivity contribution is 0.881. The number of tetrazole rings is 1. The van der Waals surface area contributed by atoms with Crippen molar-refractivity contribution in [2.24, 2.45) is 0 Å². The van der Waals surface area contributed by atoms with Gasteiger partial charge in [-0.25, -0.2) is 5.10 Å². The number of aromatic amines is 1. The summed E-state index contributed by atoms with van der Waals surface area (Å²) >= 11 is 1.57. The maximum Gasteiger partial charge on any atom is 0.189 e. The molecule has 0 aliphatic carbocycles. The molecule has 2 aromatic rings. The van der Waals surface area contributed by atoms with Crippen LogP contribution in [-0.4, -0.2) is 20.6 Å². The summed E-state index contributed by atoms with van der Waals surface area (Å²) < 4.78 is 0. The molecule has 0 amide bonds. The van der Waals surface area contributed by atoms with E-state index in [2.05, 4.69) is 27.5 Å². The van der Waals surface area contributed by atoms with Gasteiger partial charge in [0.05, 0.1) is 4.88 Å². The Kier molecular flexibility index (Phi) is 1.43. The summed E-state index contributed by atoms with van der Waals surface area (Å²) in [5, 5.41) is 15.4. The second kappa shape index (κ2) is 2.43. The Balaban J connectivity index is 2.53. The zero-order valence-corrected chi connectivity index (χ0v) is 6.43. The SMILES string of the molecule is [CH2]c1ccsc1-c1nnn[nH]1. The zero-order valence-electron chi connectivity index (χ0n) is 5.61. The van der Waals surface area contributed by atoms with Gasteiger partial charge in [0.1, 0.15) is 0 Å². The van der Waals surface area contributed by atoms with Gasteiger partial charge in [-0.05, 0) is 34.4 Å². The Bertz CT molecular complexity index is 337. The molecule has 1 radical (unpaired) electrons. The van der Waals surface area contributed by atoms with Gasteiger partial charge in [0.25, 0.3) is 0 Å².